The van der Waals surface area contributed by atoms with Gasteiger partial charge in [0.25, 0.3) is 0 Å². The Labute approximate surface area is 99.0 Å². The predicted molar refractivity (Wildman–Crippen MR) is 67.0 cm³/mol. The molecule has 0 fully saturated rings. The molecule has 0 aliphatic heterocycles. The number of nitrogens with two attached hydrogens (primary N) is 2. The third-order valence-electron chi connectivity index (χ3n) is 2.97. The molecule has 0 aromatic rings. The van der Waals surface area contributed by atoms with Crippen molar-refractivity contribution in [3.63, 3.8) is 0 Å². The highest BCUT2D eigenvalue weighted by atomic mass is 16.3. The van der Waals surface area contributed by atoms with Crippen molar-refractivity contribution in [2.45, 2.75) is 70.1 Å². The summed E-state index contributed by atoms with van der Waals surface area (Å²) in [6.07, 6.45) is 4.78. The topological polar surface area (TPSA) is 92.5 Å². The molecule has 0 aliphatic rings. The third-order valence-corrected chi connectivity index (χ3v) is 2.97. The van der Waals surface area contributed by atoms with Crippen LogP contribution in [-0.4, -0.2) is 35.0 Å². The summed E-state index contributed by atoms with van der Waals surface area (Å²) in [4.78, 5) is 0. The first-order valence-electron chi connectivity index (χ1n) is 6.41. The van der Waals surface area contributed by atoms with Gasteiger partial charge >= 0.3 is 0 Å². The Morgan fingerprint density at radius 1 is 0.938 bits per heavy atom. The van der Waals surface area contributed by atoms with Gasteiger partial charge in [0.1, 0.15) is 0 Å². The van der Waals surface area contributed by atoms with Crippen molar-refractivity contribution in [2.75, 3.05) is 6.54 Å². The Hall–Kier alpha value is -0.160. The summed E-state index contributed by atoms with van der Waals surface area (Å²) >= 11 is 0. The molecule has 0 saturated heterocycles. The smallest absolute Gasteiger partial charge is 0.0541 e. The molecule has 0 rings (SSSR count). The molecule has 0 bridgehead atoms. The molecule has 3 unspecified atom stereocenters. The highest BCUT2D eigenvalue weighted by Crippen LogP contribution is 2.11. The minimum Gasteiger partial charge on any atom is -0.393 e. The molecule has 4 nitrogen and oxygen atoms in total. The van der Waals surface area contributed by atoms with Gasteiger partial charge in [-0.2, -0.15) is 0 Å². The second-order valence-electron chi connectivity index (χ2n) is 4.56. The number of hydrogen-bond acceptors (Lipinski definition) is 4. The number of aliphatic hydroxyl groups is 2. The summed E-state index contributed by atoms with van der Waals surface area (Å²) in [7, 11) is 0. The molecule has 0 radical (unpaired) electrons. The fourth-order valence-corrected chi connectivity index (χ4v) is 1.64. The zero-order chi connectivity index (χ0) is 12.4. The molecule has 16 heavy (non-hydrogen) atoms. The van der Waals surface area contributed by atoms with Crippen LogP contribution in [0.2, 0.25) is 0 Å². The van der Waals surface area contributed by atoms with Crippen LogP contribution in [0.1, 0.15) is 51.9 Å². The van der Waals surface area contributed by atoms with Crippen LogP contribution in [0.25, 0.3) is 0 Å². The Kier molecular flexibility index (Phi) is 9.92. The Morgan fingerprint density at radius 3 is 1.94 bits per heavy atom. The standard InChI is InChI=1S/C12H28N2O2/c1-2-10(14)5-6-12(16)8-7-11(15)4-3-9-13/h10-12,15-16H,2-9,13-14H2,1H3. The van der Waals surface area contributed by atoms with Gasteiger partial charge in [0.2, 0.25) is 0 Å². The van der Waals surface area contributed by atoms with E-state index in [1.54, 1.807) is 0 Å². The van der Waals surface area contributed by atoms with Gasteiger partial charge < -0.3 is 21.7 Å². The highest BCUT2D eigenvalue weighted by Gasteiger charge is 2.10. The lowest BCUT2D eigenvalue weighted by atomic mass is 10.0. The van der Waals surface area contributed by atoms with Crippen molar-refractivity contribution >= 4 is 0 Å². The fourth-order valence-electron chi connectivity index (χ4n) is 1.64. The normalized spacial score (nSPS) is 17.1. The van der Waals surface area contributed by atoms with Crippen LogP contribution in [0.3, 0.4) is 0 Å². The molecule has 0 saturated carbocycles. The van der Waals surface area contributed by atoms with Crippen molar-refractivity contribution in [1.82, 2.24) is 0 Å². The molecule has 0 spiro atoms. The average Bonchev–Trinajstić information content (AvgIpc) is 2.30. The Bertz CT molecular complexity index is 156. The molecular weight excluding hydrogens is 204 g/mol. The van der Waals surface area contributed by atoms with Crippen LogP contribution in [0, 0.1) is 0 Å². The van der Waals surface area contributed by atoms with E-state index in [9.17, 15) is 10.2 Å². The maximum absolute atomic E-state index is 9.68. The minimum absolute atomic E-state index is 0.191. The number of hydrogen-bond donors (Lipinski definition) is 4. The molecule has 6 N–H and O–H groups in total. The van der Waals surface area contributed by atoms with E-state index in [4.69, 9.17) is 11.5 Å². The van der Waals surface area contributed by atoms with Crippen LogP contribution in [0.15, 0.2) is 0 Å². The summed E-state index contributed by atoms with van der Waals surface area (Å²) < 4.78 is 0. The first-order chi connectivity index (χ1) is 7.60. The molecule has 0 heterocycles. The van der Waals surface area contributed by atoms with Crippen molar-refractivity contribution < 1.29 is 10.2 Å². The monoisotopic (exact) mass is 232 g/mol. The molecule has 3 atom stereocenters. The van der Waals surface area contributed by atoms with Crippen LogP contribution in [0.5, 0.6) is 0 Å². The first kappa shape index (κ1) is 15.8. The number of aliphatic hydroxyl groups excluding tert-OH is 2. The van der Waals surface area contributed by atoms with E-state index in [1.807, 2.05) is 6.92 Å². The summed E-state index contributed by atoms with van der Waals surface area (Å²) in [5.41, 5.74) is 11.1. The van der Waals surface area contributed by atoms with E-state index in [1.165, 1.54) is 0 Å². The predicted octanol–water partition coefficient (Wildman–Crippen LogP) is 0.745. The van der Waals surface area contributed by atoms with Gasteiger partial charge in [-0.05, 0) is 51.5 Å². The molecule has 0 aromatic carbocycles. The van der Waals surface area contributed by atoms with Crippen LogP contribution >= 0.6 is 0 Å². The van der Waals surface area contributed by atoms with E-state index in [0.717, 1.165) is 32.1 Å². The molecule has 0 aromatic heterocycles. The highest BCUT2D eigenvalue weighted by molar-refractivity contribution is 4.66. The van der Waals surface area contributed by atoms with E-state index in [-0.39, 0.29) is 18.2 Å². The van der Waals surface area contributed by atoms with Crippen molar-refractivity contribution in [3.8, 4) is 0 Å². The largest absolute Gasteiger partial charge is 0.393 e. The van der Waals surface area contributed by atoms with Gasteiger partial charge in [0.05, 0.1) is 12.2 Å². The zero-order valence-corrected chi connectivity index (χ0v) is 10.4. The van der Waals surface area contributed by atoms with Gasteiger partial charge in [-0.15, -0.1) is 0 Å². The third kappa shape index (κ3) is 9.09. The Balaban J connectivity index is 3.45. The lowest BCUT2D eigenvalue weighted by Crippen LogP contribution is -2.22. The van der Waals surface area contributed by atoms with Crippen LogP contribution < -0.4 is 11.5 Å². The van der Waals surface area contributed by atoms with Gasteiger partial charge in [0, 0.05) is 6.04 Å². The Morgan fingerprint density at radius 2 is 1.44 bits per heavy atom. The van der Waals surface area contributed by atoms with Crippen molar-refractivity contribution in [2.24, 2.45) is 11.5 Å². The van der Waals surface area contributed by atoms with Crippen molar-refractivity contribution in [3.05, 3.63) is 0 Å². The zero-order valence-electron chi connectivity index (χ0n) is 10.4. The SMILES string of the molecule is CCC(N)CCC(O)CCC(O)CCCN. The lowest BCUT2D eigenvalue weighted by Gasteiger charge is -2.15. The van der Waals surface area contributed by atoms with E-state index in [0.29, 0.717) is 19.4 Å². The van der Waals surface area contributed by atoms with E-state index in [2.05, 4.69) is 0 Å². The second kappa shape index (κ2) is 10.0. The van der Waals surface area contributed by atoms with Gasteiger partial charge in [0.15, 0.2) is 0 Å². The summed E-state index contributed by atoms with van der Waals surface area (Å²) in [6.45, 7) is 2.67. The molecule has 98 valence electrons. The maximum atomic E-state index is 9.68. The summed E-state index contributed by atoms with van der Waals surface area (Å²) in [5, 5.41) is 19.2. The minimum atomic E-state index is -0.329. The quantitative estimate of drug-likeness (QED) is 0.447. The first-order valence-corrected chi connectivity index (χ1v) is 6.41. The van der Waals surface area contributed by atoms with Gasteiger partial charge in [-0.3, -0.25) is 0 Å². The molecule has 0 aliphatic carbocycles. The van der Waals surface area contributed by atoms with Crippen LogP contribution in [-0.2, 0) is 0 Å². The van der Waals surface area contributed by atoms with E-state index < -0.39 is 0 Å². The van der Waals surface area contributed by atoms with Crippen LogP contribution in [0.4, 0.5) is 0 Å². The maximum Gasteiger partial charge on any atom is 0.0541 e. The lowest BCUT2D eigenvalue weighted by molar-refractivity contribution is 0.101. The second-order valence-corrected chi connectivity index (χ2v) is 4.56. The van der Waals surface area contributed by atoms with E-state index >= 15 is 0 Å². The average molecular weight is 232 g/mol. The number of rotatable bonds is 10. The molecular formula is C12H28N2O2. The van der Waals surface area contributed by atoms with Crippen molar-refractivity contribution in [1.29, 1.82) is 0 Å². The van der Waals surface area contributed by atoms with Gasteiger partial charge in [-0.25, -0.2) is 0 Å². The van der Waals surface area contributed by atoms with Gasteiger partial charge in [-0.1, -0.05) is 6.92 Å². The summed E-state index contributed by atoms with van der Waals surface area (Å²) in [5.74, 6) is 0. The molecule has 4 heteroatoms. The fraction of sp³-hybridized carbons (Fsp3) is 1.00. The summed E-state index contributed by atoms with van der Waals surface area (Å²) in [6, 6.07) is 0.191. The molecule has 0 amide bonds.